The van der Waals surface area contributed by atoms with Crippen molar-refractivity contribution in [1.82, 2.24) is 8.61 Å². The normalized spacial score (nSPS) is 20.3. The van der Waals surface area contributed by atoms with Crippen LogP contribution in [0.4, 0.5) is 5.69 Å². The highest BCUT2D eigenvalue weighted by atomic mass is 32.2. The molecule has 8 nitrogen and oxygen atoms in total. The van der Waals surface area contributed by atoms with Gasteiger partial charge in [-0.3, -0.25) is 4.79 Å². The maximum Gasteiger partial charge on any atom is 0.255 e. The Morgan fingerprint density at radius 2 is 1.50 bits per heavy atom. The fourth-order valence-corrected chi connectivity index (χ4v) is 6.64. The lowest BCUT2D eigenvalue weighted by molar-refractivity contribution is 0.102. The zero-order valence-corrected chi connectivity index (χ0v) is 20.3. The number of nitrogens with zero attached hydrogens (tertiary/aromatic N) is 2. The molecule has 10 heteroatoms. The predicted molar refractivity (Wildman–Crippen MR) is 123 cm³/mol. The summed E-state index contributed by atoms with van der Waals surface area (Å²) < 4.78 is 53.7. The molecular formula is C22H29N3O5S2. The molecule has 2 aromatic carbocycles. The monoisotopic (exact) mass is 479 g/mol. The highest BCUT2D eigenvalue weighted by molar-refractivity contribution is 7.89. The number of para-hydroxylation sites is 1. The van der Waals surface area contributed by atoms with Gasteiger partial charge in [0.1, 0.15) is 4.90 Å². The van der Waals surface area contributed by atoms with E-state index in [2.05, 4.69) is 5.32 Å². The van der Waals surface area contributed by atoms with Gasteiger partial charge in [-0.25, -0.2) is 21.1 Å². The summed E-state index contributed by atoms with van der Waals surface area (Å²) in [4.78, 5) is 12.8. The quantitative estimate of drug-likeness (QED) is 0.686. The lowest BCUT2D eigenvalue weighted by atomic mass is 9.94. The van der Waals surface area contributed by atoms with Crippen LogP contribution < -0.4 is 5.32 Å². The Balaban J connectivity index is 1.81. The Hall–Kier alpha value is -2.27. The second kappa shape index (κ2) is 9.30. The minimum Gasteiger partial charge on any atom is -0.321 e. The van der Waals surface area contributed by atoms with Gasteiger partial charge in [0.15, 0.2) is 0 Å². The fourth-order valence-electron chi connectivity index (χ4n) is 3.92. The molecule has 32 heavy (non-hydrogen) atoms. The molecule has 1 N–H and O–H groups in total. The standard InChI is InChI=1S/C22H29N3O5S2/c1-16-13-17(2)15-25(14-16)31(27,28)19-11-9-18(10-12-19)22(26)23-20-7-5-6-8-21(20)32(29,30)24(3)4/h5-12,16-17H,13-15H2,1-4H3,(H,23,26). The number of piperidine rings is 1. The molecule has 1 heterocycles. The summed E-state index contributed by atoms with van der Waals surface area (Å²) in [5.74, 6) is 0.0461. The van der Waals surface area contributed by atoms with E-state index in [9.17, 15) is 21.6 Å². The third-order valence-electron chi connectivity index (χ3n) is 5.48. The van der Waals surface area contributed by atoms with Gasteiger partial charge in [-0.05, 0) is 54.7 Å². The number of anilines is 1. The summed E-state index contributed by atoms with van der Waals surface area (Å²) in [6, 6.07) is 11.8. The van der Waals surface area contributed by atoms with Gasteiger partial charge in [-0.15, -0.1) is 0 Å². The summed E-state index contributed by atoms with van der Waals surface area (Å²) in [5, 5.41) is 2.62. The van der Waals surface area contributed by atoms with E-state index in [-0.39, 0.29) is 32.9 Å². The van der Waals surface area contributed by atoms with Crippen molar-refractivity contribution in [2.75, 3.05) is 32.5 Å². The van der Waals surface area contributed by atoms with Crippen LogP contribution in [0, 0.1) is 11.8 Å². The number of nitrogens with one attached hydrogen (secondary N) is 1. The van der Waals surface area contributed by atoms with Crippen molar-refractivity contribution in [2.45, 2.75) is 30.1 Å². The first-order valence-electron chi connectivity index (χ1n) is 10.4. The third-order valence-corrected chi connectivity index (χ3v) is 9.20. The summed E-state index contributed by atoms with van der Waals surface area (Å²) >= 11 is 0. The minimum absolute atomic E-state index is 0.0223. The highest BCUT2D eigenvalue weighted by Crippen LogP contribution is 2.27. The van der Waals surface area contributed by atoms with Crippen LogP contribution in [0.15, 0.2) is 58.3 Å². The maximum atomic E-state index is 13.0. The van der Waals surface area contributed by atoms with E-state index in [0.29, 0.717) is 13.1 Å². The topological polar surface area (TPSA) is 104 Å². The number of hydrogen-bond donors (Lipinski definition) is 1. The lowest BCUT2D eigenvalue weighted by Gasteiger charge is -2.34. The van der Waals surface area contributed by atoms with Crippen LogP contribution in [0.1, 0.15) is 30.6 Å². The molecule has 174 valence electrons. The van der Waals surface area contributed by atoms with Crippen molar-refractivity contribution in [1.29, 1.82) is 0 Å². The van der Waals surface area contributed by atoms with E-state index in [4.69, 9.17) is 0 Å². The van der Waals surface area contributed by atoms with Crippen LogP contribution in [-0.4, -0.2) is 58.5 Å². The number of carbonyl (C=O) groups excluding carboxylic acids is 1. The van der Waals surface area contributed by atoms with Gasteiger partial charge in [0.2, 0.25) is 20.0 Å². The molecule has 1 amide bonds. The average molecular weight is 480 g/mol. The van der Waals surface area contributed by atoms with Crippen LogP contribution in [0.3, 0.4) is 0 Å². The van der Waals surface area contributed by atoms with Crippen LogP contribution in [0.5, 0.6) is 0 Å². The van der Waals surface area contributed by atoms with E-state index in [1.54, 1.807) is 12.1 Å². The SMILES string of the molecule is CC1CC(C)CN(S(=O)(=O)c2ccc(C(=O)Nc3ccccc3S(=O)(=O)N(C)C)cc2)C1. The van der Waals surface area contributed by atoms with E-state index in [0.717, 1.165) is 10.7 Å². The zero-order valence-electron chi connectivity index (χ0n) is 18.6. The van der Waals surface area contributed by atoms with Crippen molar-refractivity contribution in [3.8, 4) is 0 Å². The summed E-state index contributed by atoms with van der Waals surface area (Å²) in [5.41, 5.74) is 0.376. The number of amides is 1. The third kappa shape index (κ3) is 5.03. The summed E-state index contributed by atoms with van der Waals surface area (Å²) in [6.45, 7) is 5.04. The lowest BCUT2D eigenvalue weighted by Crippen LogP contribution is -2.42. The number of benzene rings is 2. The first kappa shape index (κ1) is 24.4. The molecule has 2 unspecified atom stereocenters. The number of carbonyl (C=O) groups is 1. The molecular weight excluding hydrogens is 450 g/mol. The molecule has 0 aliphatic carbocycles. The van der Waals surface area contributed by atoms with Crippen molar-refractivity contribution >= 4 is 31.6 Å². The zero-order chi connectivity index (χ0) is 23.7. The summed E-state index contributed by atoms with van der Waals surface area (Å²) in [6.07, 6.45) is 0.996. The van der Waals surface area contributed by atoms with Crippen molar-refractivity contribution in [3.63, 3.8) is 0 Å². The van der Waals surface area contributed by atoms with Crippen LogP contribution in [0.2, 0.25) is 0 Å². The van der Waals surface area contributed by atoms with E-state index in [1.165, 1.54) is 54.8 Å². The minimum atomic E-state index is -3.75. The number of hydrogen-bond acceptors (Lipinski definition) is 5. The molecule has 0 spiro atoms. The Morgan fingerprint density at radius 1 is 0.938 bits per heavy atom. The van der Waals surface area contributed by atoms with Crippen LogP contribution >= 0.6 is 0 Å². The first-order chi connectivity index (χ1) is 14.9. The van der Waals surface area contributed by atoms with Gasteiger partial charge in [0, 0.05) is 32.7 Å². The van der Waals surface area contributed by atoms with E-state index < -0.39 is 26.0 Å². The van der Waals surface area contributed by atoms with E-state index >= 15 is 0 Å². The molecule has 1 saturated heterocycles. The predicted octanol–water partition coefficient (Wildman–Crippen LogP) is 2.86. The van der Waals surface area contributed by atoms with Gasteiger partial charge < -0.3 is 5.32 Å². The van der Waals surface area contributed by atoms with Crippen molar-refractivity contribution in [3.05, 3.63) is 54.1 Å². The highest BCUT2D eigenvalue weighted by Gasteiger charge is 2.31. The van der Waals surface area contributed by atoms with Gasteiger partial charge >= 0.3 is 0 Å². The molecule has 0 aromatic heterocycles. The largest absolute Gasteiger partial charge is 0.321 e. The fraction of sp³-hybridized carbons (Fsp3) is 0.409. The van der Waals surface area contributed by atoms with Crippen molar-refractivity contribution in [2.24, 2.45) is 11.8 Å². The van der Waals surface area contributed by atoms with E-state index in [1.807, 2.05) is 13.8 Å². The maximum absolute atomic E-state index is 13.0. The Labute approximate surface area is 190 Å². The molecule has 3 rings (SSSR count). The van der Waals surface area contributed by atoms with Crippen LogP contribution in [0.25, 0.3) is 0 Å². The average Bonchev–Trinajstić information content (AvgIpc) is 2.73. The molecule has 1 fully saturated rings. The van der Waals surface area contributed by atoms with Gasteiger partial charge in [0.25, 0.3) is 5.91 Å². The molecule has 0 saturated carbocycles. The Morgan fingerprint density at radius 3 is 2.06 bits per heavy atom. The Bertz CT molecular complexity index is 1180. The van der Waals surface area contributed by atoms with Gasteiger partial charge in [-0.2, -0.15) is 4.31 Å². The smallest absolute Gasteiger partial charge is 0.255 e. The number of sulfonamides is 2. The molecule has 1 aliphatic heterocycles. The molecule has 1 aliphatic rings. The van der Waals surface area contributed by atoms with Gasteiger partial charge in [-0.1, -0.05) is 26.0 Å². The molecule has 2 aromatic rings. The molecule has 0 bridgehead atoms. The number of rotatable bonds is 6. The summed E-state index contributed by atoms with van der Waals surface area (Å²) in [7, 11) is -4.57. The van der Waals surface area contributed by atoms with Gasteiger partial charge in [0.05, 0.1) is 10.6 Å². The second-order valence-electron chi connectivity index (χ2n) is 8.53. The van der Waals surface area contributed by atoms with Crippen molar-refractivity contribution < 1.29 is 21.6 Å². The first-order valence-corrected chi connectivity index (χ1v) is 13.2. The molecule has 2 atom stereocenters. The molecule has 0 radical (unpaired) electrons. The second-order valence-corrected chi connectivity index (χ2v) is 12.6. The van der Waals surface area contributed by atoms with Crippen LogP contribution in [-0.2, 0) is 20.0 Å². The Kier molecular flexibility index (Phi) is 7.09.